The van der Waals surface area contributed by atoms with Crippen molar-refractivity contribution in [2.45, 2.75) is 0 Å². The third-order valence-corrected chi connectivity index (χ3v) is 2.97. The zero-order valence-electron chi connectivity index (χ0n) is 10.5. The minimum atomic E-state index is 0.243. The van der Waals surface area contributed by atoms with Crippen LogP contribution in [0.1, 0.15) is 5.69 Å². The zero-order valence-corrected chi connectivity index (χ0v) is 11.3. The Balaban J connectivity index is 1.92. The highest BCUT2D eigenvalue weighted by Crippen LogP contribution is 2.22. The summed E-state index contributed by atoms with van der Waals surface area (Å²) in [6, 6.07) is 15.0. The summed E-state index contributed by atoms with van der Waals surface area (Å²) in [7, 11) is 0. The topological polar surface area (TPSA) is 61.0 Å². The van der Waals surface area contributed by atoms with Crippen molar-refractivity contribution in [1.82, 2.24) is 9.97 Å². The van der Waals surface area contributed by atoms with Crippen molar-refractivity contribution in [3.05, 3.63) is 60.4 Å². The fraction of sp³-hybridized carbons (Fsp3) is 0. The van der Waals surface area contributed by atoms with Gasteiger partial charge in [0.15, 0.2) is 0 Å². The van der Waals surface area contributed by atoms with Crippen molar-refractivity contribution in [3.63, 3.8) is 0 Å². The molecular weight excluding hydrogens is 270 g/mol. The molecule has 0 fully saturated rings. The molecule has 0 unspecified atom stereocenters. The minimum Gasteiger partial charge on any atom is -0.437 e. The monoisotopic (exact) mass is 281 g/mol. The molecule has 2 heterocycles. The summed E-state index contributed by atoms with van der Waals surface area (Å²) in [5.41, 5.74) is 7.01. The molecule has 5 heteroatoms. The number of aromatic nitrogens is 2. The van der Waals surface area contributed by atoms with Crippen molar-refractivity contribution < 1.29 is 4.74 Å². The van der Waals surface area contributed by atoms with E-state index >= 15 is 0 Å². The number of fused-ring (bicyclic) bond motifs is 1. The van der Waals surface area contributed by atoms with Gasteiger partial charge in [-0.25, -0.2) is 4.98 Å². The Hall–Kier alpha value is -2.53. The fourth-order valence-corrected chi connectivity index (χ4v) is 1.95. The lowest BCUT2D eigenvalue weighted by Gasteiger charge is -2.06. The van der Waals surface area contributed by atoms with Gasteiger partial charge in [0, 0.05) is 11.5 Å². The molecule has 0 saturated carbocycles. The van der Waals surface area contributed by atoms with Gasteiger partial charge in [-0.05, 0) is 18.2 Å². The second-order valence-corrected chi connectivity index (χ2v) is 4.63. The largest absolute Gasteiger partial charge is 0.437 e. The Bertz CT molecular complexity index is 789. The number of rotatable bonds is 3. The average molecular weight is 281 g/mol. The number of ether oxygens (including phenoxy) is 1. The van der Waals surface area contributed by atoms with Crippen LogP contribution >= 0.6 is 12.2 Å². The number of nitrogens with zero attached hydrogens (tertiary/aromatic N) is 2. The molecule has 0 bridgehead atoms. The first-order chi connectivity index (χ1) is 9.72. The van der Waals surface area contributed by atoms with E-state index in [0.717, 1.165) is 10.9 Å². The number of hydrogen-bond donors (Lipinski definition) is 1. The third kappa shape index (κ3) is 2.57. The van der Waals surface area contributed by atoms with Crippen LogP contribution in [-0.2, 0) is 0 Å². The fourth-order valence-electron chi connectivity index (χ4n) is 1.84. The first-order valence-electron chi connectivity index (χ1n) is 6.02. The maximum atomic E-state index is 5.69. The SMILES string of the molecule is NC(=S)c1cccc(Oc2cnc3ccccc3c2)n1. The Morgan fingerprint density at radius 2 is 1.95 bits per heavy atom. The maximum absolute atomic E-state index is 5.69. The van der Waals surface area contributed by atoms with Crippen molar-refractivity contribution in [3.8, 4) is 11.6 Å². The van der Waals surface area contributed by atoms with Crippen LogP contribution < -0.4 is 10.5 Å². The first-order valence-corrected chi connectivity index (χ1v) is 6.43. The molecule has 0 amide bonds. The molecule has 0 atom stereocenters. The van der Waals surface area contributed by atoms with E-state index in [2.05, 4.69) is 9.97 Å². The van der Waals surface area contributed by atoms with Gasteiger partial charge in [0.2, 0.25) is 5.88 Å². The van der Waals surface area contributed by atoms with Crippen molar-refractivity contribution in [2.75, 3.05) is 0 Å². The van der Waals surface area contributed by atoms with Gasteiger partial charge in [-0.15, -0.1) is 0 Å². The Kier molecular flexibility index (Phi) is 3.26. The Labute approximate surface area is 121 Å². The number of para-hydroxylation sites is 1. The summed E-state index contributed by atoms with van der Waals surface area (Å²) < 4.78 is 5.69. The van der Waals surface area contributed by atoms with Crippen molar-refractivity contribution >= 4 is 28.1 Å². The molecule has 0 aliphatic carbocycles. The van der Waals surface area contributed by atoms with E-state index in [0.29, 0.717) is 17.3 Å². The molecule has 0 spiro atoms. The van der Waals surface area contributed by atoms with Gasteiger partial charge < -0.3 is 10.5 Å². The number of pyridine rings is 2. The molecule has 4 nitrogen and oxygen atoms in total. The summed E-state index contributed by atoms with van der Waals surface area (Å²) in [6.45, 7) is 0. The van der Waals surface area contributed by atoms with E-state index in [1.54, 1.807) is 24.4 Å². The van der Waals surface area contributed by atoms with E-state index in [4.69, 9.17) is 22.7 Å². The second kappa shape index (κ2) is 5.22. The van der Waals surface area contributed by atoms with Gasteiger partial charge >= 0.3 is 0 Å². The van der Waals surface area contributed by atoms with Crippen LogP contribution in [0.4, 0.5) is 0 Å². The summed E-state index contributed by atoms with van der Waals surface area (Å²) in [4.78, 5) is 8.81. The van der Waals surface area contributed by atoms with Gasteiger partial charge in [-0.2, -0.15) is 0 Å². The quantitative estimate of drug-likeness (QED) is 0.748. The van der Waals surface area contributed by atoms with Crippen molar-refractivity contribution in [1.29, 1.82) is 0 Å². The zero-order chi connectivity index (χ0) is 13.9. The maximum Gasteiger partial charge on any atom is 0.219 e. The molecule has 0 aliphatic rings. The van der Waals surface area contributed by atoms with Crippen LogP contribution in [0.3, 0.4) is 0 Å². The normalized spacial score (nSPS) is 10.4. The number of hydrogen-bond acceptors (Lipinski definition) is 4. The first kappa shape index (κ1) is 12.5. The number of nitrogens with two attached hydrogens (primary N) is 1. The van der Waals surface area contributed by atoms with Gasteiger partial charge in [-0.3, -0.25) is 4.98 Å². The summed E-state index contributed by atoms with van der Waals surface area (Å²) in [6.07, 6.45) is 1.66. The van der Waals surface area contributed by atoms with E-state index in [9.17, 15) is 0 Å². The van der Waals surface area contributed by atoms with Crippen LogP contribution in [0.2, 0.25) is 0 Å². The van der Waals surface area contributed by atoms with E-state index < -0.39 is 0 Å². The highest BCUT2D eigenvalue weighted by atomic mass is 32.1. The van der Waals surface area contributed by atoms with E-state index in [-0.39, 0.29) is 4.99 Å². The van der Waals surface area contributed by atoms with Gasteiger partial charge in [0.1, 0.15) is 16.4 Å². The third-order valence-electron chi connectivity index (χ3n) is 2.76. The van der Waals surface area contributed by atoms with Gasteiger partial charge in [0.05, 0.1) is 11.7 Å². The lowest BCUT2D eigenvalue weighted by Crippen LogP contribution is -2.11. The standard InChI is InChI=1S/C15H11N3OS/c16-15(20)13-6-3-7-14(18-13)19-11-8-10-4-1-2-5-12(10)17-9-11/h1-9H,(H2,16,20). The van der Waals surface area contributed by atoms with Crippen LogP contribution in [0.5, 0.6) is 11.6 Å². The molecule has 1 aromatic carbocycles. The minimum absolute atomic E-state index is 0.243. The summed E-state index contributed by atoms with van der Waals surface area (Å²) >= 11 is 4.90. The van der Waals surface area contributed by atoms with Gasteiger partial charge in [0.25, 0.3) is 0 Å². The predicted molar refractivity (Wildman–Crippen MR) is 81.9 cm³/mol. The summed E-state index contributed by atoms with van der Waals surface area (Å²) in [5.74, 6) is 1.06. The predicted octanol–water partition coefficient (Wildman–Crippen LogP) is 3.06. The van der Waals surface area contributed by atoms with E-state index in [1.807, 2.05) is 30.3 Å². The van der Waals surface area contributed by atoms with Gasteiger partial charge in [-0.1, -0.05) is 36.5 Å². The Morgan fingerprint density at radius 3 is 2.80 bits per heavy atom. The molecule has 2 aromatic heterocycles. The molecule has 2 N–H and O–H groups in total. The van der Waals surface area contributed by atoms with Crippen LogP contribution in [0.15, 0.2) is 54.7 Å². The van der Waals surface area contributed by atoms with Crippen LogP contribution in [-0.4, -0.2) is 15.0 Å². The molecule has 0 saturated heterocycles. The Morgan fingerprint density at radius 1 is 1.10 bits per heavy atom. The number of thiocarbonyl (C=S) groups is 1. The lowest BCUT2D eigenvalue weighted by atomic mass is 10.2. The molecule has 0 aliphatic heterocycles. The smallest absolute Gasteiger partial charge is 0.219 e. The molecular formula is C15H11N3OS. The van der Waals surface area contributed by atoms with Crippen molar-refractivity contribution in [2.24, 2.45) is 5.73 Å². The second-order valence-electron chi connectivity index (χ2n) is 4.19. The van der Waals surface area contributed by atoms with Crippen LogP contribution in [0.25, 0.3) is 10.9 Å². The highest BCUT2D eigenvalue weighted by Gasteiger charge is 2.04. The van der Waals surface area contributed by atoms with Crippen LogP contribution in [0, 0.1) is 0 Å². The van der Waals surface area contributed by atoms with E-state index in [1.165, 1.54) is 0 Å². The average Bonchev–Trinajstić information content (AvgIpc) is 2.47. The molecule has 98 valence electrons. The molecule has 0 radical (unpaired) electrons. The summed E-state index contributed by atoms with van der Waals surface area (Å²) in [5, 5.41) is 1.01. The highest BCUT2D eigenvalue weighted by molar-refractivity contribution is 7.80. The molecule has 3 rings (SSSR count). The number of benzene rings is 1. The molecule has 20 heavy (non-hydrogen) atoms. The molecule has 3 aromatic rings. The lowest BCUT2D eigenvalue weighted by molar-refractivity contribution is 0.461.